The van der Waals surface area contributed by atoms with Crippen LogP contribution in [0.3, 0.4) is 0 Å². The van der Waals surface area contributed by atoms with Crippen LogP contribution < -0.4 is 5.73 Å². The van der Waals surface area contributed by atoms with Crippen molar-refractivity contribution in [3.63, 3.8) is 0 Å². The zero-order chi connectivity index (χ0) is 14.5. The summed E-state index contributed by atoms with van der Waals surface area (Å²) < 4.78 is 5.44. The van der Waals surface area contributed by atoms with Crippen LogP contribution in [0, 0.1) is 6.92 Å². The first-order valence-electron chi connectivity index (χ1n) is 6.80. The highest BCUT2D eigenvalue weighted by Gasteiger charge is 2.25. The van der Waals surface area contributed by atoms with Gasteiger partial charge in [-0.1, -0.05) is 42.0 Å². The molecule has 1 unspecified atom stereocenters. The molecule has 1 heterocycles. The van der Waals surface area contributed by atoms with Gasteiger partial charge in [-0.3, -0.25) is 4.79 Å². The Morgan fingerprint density at radius 2 is 2.15 bits per heavy atom. The fourth-order valence-electron chi connectivity index (χ4n) is 2.21. The van der Waals surface area contributed by atoms with Crippen LogP contribution in [-0.4, -0.2) is 41.6 Å². The first kappa shape index (κ1) is 14.9. The summed E-state index contributed by atoms with van der Waals surface area (Å²) in [7, 11) is 0. The van der Waals surface area contributed by atoms with E-state index in [1.165, 1.54) is 11.1 Å². The molecule has 1 aromatic rings. The third-order valence-corrected chi connectivity index (χ3v) is 3.75. The molecule has 0 bridgehead atoms. The minimum Gasteiger partial charge on any atom is -0.391 e. The van der Waals surface area contributed by atoms with Gasteiger partial charge in [-0.25, -0.2) is 0 Å². The highest BCUT2D eigenvalue weighted by molar-refractivity contribution is 7.80. The molecule has 1 atom stereocenters. The molecule has 1 amide bonds. The second-order valence-electron chi connectivity index (χ2n) is 5.09. The molecule has 1 aliphatic heterocycles. The number of aryl methyl sites for hydroxylation is 2. The van der Waals surface area contributed by atoms with Crippen molar-refractivity contribution in [2.24, 2.45) is 5.73 Å². The van der Waals surface area contributed by atoms with E-state index in [1.54, 1.807) is 4.90 Å². The Balaban J connectivity index is 1.85. The predicted octanol–water partition coefficient (Wildman–Crippen LogP) is 1.44. The van der Waals surface area contributed by atoms with Crippen LogP contribution in [0.15, 0.2) is 24.3 Å². The summed E-state index contributed by atoms with van der Waals surface area (Å²) >= 11 is 4.92. The van der Waals surface area contributed by atoms with Crippen LogP contribution in [0.5, 0.6) is 0 Å². The average molecular weight is 292 g/mol. The molecule has 0 radical (unpaired) electrons. The summed E-state index contributed by atoms with van der Waals surface area (Å²) in [6.45, 7) is 3.64. The quantitative estimate of drug-likeness (QED) is 0.853. The summed E-state index contributed by atoms with van der Waals surface area (Å²) in [5.74, 6) is 0.134. The van der Waals surface area contributed by atoms with E-state index in [1.807, 2.05) is 0 Å². The fraction of sp³-hybridized carbons (Fsp3) is 0.467. The zero-order valence-corrected chi connectivity index (χ0v) is 12.5. The number of benzene rings is 1. The molecular weight excluding hydrogens is 272 g/mol. The Morgan fingerprint density at radius 1 is 1.45 bits per heavy atom. The number of nitrogens with zero attached hydrogens (tertiary/aromatic N) is 1. The van der Waals surface area contributed by atoms with Gasteiger partial charge < -0.3 is 15.4 Å². The van der Waals surface area contributed by atoms with Gasteiger partial charge in [0.1, 0.15) is 11.1 Å². The van der Waals surface area contributed by atoms with Crippen molar-refractivity contribution < 1.29 is 9.53 Å². The zero-order valence-electron chi connectivity index (χ0n) is 11.7. The molecule has 2 N–H and O–H groups in total. The second-order valence-corrected chi connectivity index (χ2v) is 5.56. The van der Waals surface area contributed by atoms with E-state index in [0.29, 0.717) is 31.1 Å². The van der Waals surface area contributed by atoms with Crippen LogP contribution in [-0.2, 0) is 16.0 Å². The van der Waals surface area contributed by atoms with Crippen molar-refractivity contribution in [2.45, 2.75) is 25.9 Å². The van der Waals surface area contributed by atoms with Crippen LogP contribution in [0.25, 0.3) is 0 Å². The molecule has 1 aliphatic rings. The number of carbonyl (C=O) groups is 1. The number of ether oxygens (including phenoxy) is 1. The summed E-state index contributed by atoms with van der Waals surface area (Å²) in [5.41, 5.74) is 7.99. The molecule has 5 heteroatoms. The molecule has 2 rings (SSSR count). The van der Waals surface area contributed by atoms with Crippen LogP contribution in [0.2, 0.25) is 0 Å². The number of hydrogen-bond acceptors (Lipinski definition) is 3. The van der Waals surface area contributed by atoms with Gasteiger partial charge in [0.2, 0.25) is 5.91 Å². The summed E-state index contributed by atoms with van der Waals surface area (Å²) in [6.07, 6.45) is 0.962. The minimum atomic E-state index is -0.304. The second kappa shape index (κ2) is 6.81. The molecule has 0 aliphatic carbocycles. The highest BCUT2D eigenvalue weighted by atomic mass is 32.1. The number of carbonyl (C=O) groups excluding carboxylic acids is 1. The van der Waals surface area contributed by atoms with Crippen molar-refractivity contribution in [1.29, 1.82) is 0 Å². The lowest BCUT2D eigenvalue weighted by Gasteiger charge is -2.32. The van der Waals surface area contributed by atoms with E-state index in [9.17, 15) is 4.79 Å². The van der Waals surface area contributed by atoms with Crippen molar-refractivity contribution in [2.75, 3.05) is 19.7 Å². The van der Waals surface area contributed by atoms with Gasteiger partial charge in [-0.05, 0) is 18.9 Å². The summed E-state index contributed by atoms with van der Waals surface area (Å²) in [4.78, 5) is 14.3. The molecule has 1 saturated heterocycles. The topological polar surface area (TPSA) is 55.6 Å². The van der Waals surface area contributed by atoms with Gasteiger partial charge >= 0.3 is 0 Å². The number of hydrogen-bond donors (Lipinski definition) is 1. The van der Waals surface area contributed by atoms with Crippen LogP contribution >= 0.6 is 12.2 Å². The molecule has 0 saturated carbocycles. The van der Waals surface area contributed by atoms with Crippen molar-refractivity contribution in [1.82, 2.24) is 4.90 Å². The van der Waals surface area contributed by atoms with Gasteiger partial charge in [0, 0.05) is 13.0 Å². The van der Waals surface area contributed by atoms with E-state index in [4.69, 9.17) is 22.7 Å². The third kappa shape index (κ3) is 4.02. The number of amides is 1. The molecule has 0 aromatic heterocycles. The van der Waals surface area contributed by atoms with E-state index in [-0.39, 0.29) is 12.0 Å². The van der Waals surface area contributed by atoms with E-state index in [0.717, 1.165) is 6.42 Å². The third-order valence-electron chi connectivity index (χ3n) is 3.48. The van der Waals surface area contributed by atoms with Crippen molar-refractivity contribution in [3.8, 4) is 0 Å². The molecule has 0 spiro atoms. The van der Waals surface area contributed by atoms with Crippen molar-refractivity contribution in [3.05, 3.63) is 35.4 Å². The SMILES string of the molecule is Cc1ccc(CCC(=O)N2CCOC(C(N)=S)C2)cc1. The lowest BCUT2D eigenvalue weighted by Crippen LogP contribution is -2.49. The number of nitrogens with two attached hydrogens (primary N) is 1. The number of morpholine rings is 1. The van der Waals surface area contributed by atoms with E-state index in [2.05, 4.69) is 31.2 Å². The summed E-state index contributed by atoms with van der Waals surface area (Å²) in [5, 5.41) is 0. The molecule has 108 valence electrons. The van der Waals surface area contributed by atoms with Crippen molar-refractivity contribution >= 4 is 23.1 Å². The summed E-state index contributed by atoms with van der Waals surface area (Å²) in [6, 6.07) is 8.27. The average Bonchev–Trinajstić information content (AvgIpc) is 2.46. The maximum Gasteiger partial charge on any atom is 0.223 e. The Morgan fingerprint density at radius 3 is 2.80 bits per heavy atom. The number of rotatable bonds is 4. The highest BCUT2D eigenvalue weighted by Crippen LogP contribution is 2.10. The Bertz CT molecular complexity index is 487. The smallest absolute Gasteiger partial charge is 0.223 e. The van der Waals surface area contributed by atoms with Gasteiger partial charge in [0.15, 0.2) is 0 Å². The molecule has 1 fully saturated rings. The molecular formula is C15H20N2O2S. The standard InChI is InChI=1S/C15H20N2O2S/c1-11-2-4-12(5-3-11)6-7-14(18)17-8-9-19-13(10-17)15(16)20/h2-5,13H,6-10H2,1H3,(H2,16,20). The Kier molecular flexibility index (Phi) is 5.09. The maximum atomic E-state index is 12.2. The first-order chi connectivity index (χ1) is 9.56. The monoisotopic (exact) mass is 292 g/mol. The molecule has 4 nitrogen and oxygen atoms in total. The molecule has 20 heavy (non-hydrogen) atoms. The lowest BCUT2D eigenvalue weighted by molar-refractivity contribution is -0.136. The maximum absolute atomic E-state index is 12.2. The normalized spacial score (nSPS) is 18.9. The first-order valence-corrected chi connectivity index (χ1v) is 7.21. The van der Waals surface area contributed by atoms with Crippen LogP contribution in [0.1, 0.15) is 17.5 Å². The van der Waals surface area contributed by atoms with E-state index >= 15 is 0 Å². The minimum absolute atomic E-state index is 0.134. The van der Waals surface area contributed by atoms with E-state index < -0.39 is 0 Å². The van der Waals surface area contributed by atoms with Crippen LogP contribution in [0.4, 0.5) is 0 Å². The number of thiocarbonyl (C=S) groups is 1. The predicted molar refractivity (Wildman–Crippen MR) is 82.6 cm³/mol. The van der Waals surface area contributed by atoms with Gasteiger partial charge in [0.05, 0.1) is 13.2 Å². The largest absolute Gasteiger partial charge is 0.391 e. The van der Waals surface area contributed by atoms with Gasteiger partial charge in [-0.15, -0.1) is 0 Å². The Hall–Kier alpha value is -1.46. The molecule has 1 aromatic carbocycles. The lowest BCUT2D eigenvalue weighted by atomic mass is 10.1. The Labute approximate surface area is 124 Å². The van der Waals surface area contributed by atoms with Gasteiger partial charge in [0.25, 0.3) is 0 Å². The van der Waals surface area contributed by atoms with Gasteiger partial charge in [-0.2, -0.15) is 0 Å². The fourth-order valence-corrected chi connectivity index (χ4v) is 2.35.